The average molecular weight is 445 g/mol. The molecule has 0 saturated heterocycles. The van der Waals surface area contributed by atoms with Crippen molar-refractivity contribution in [2.45, 2.75) is 0 Å². The van der Waals surface area contributed by atoms with Crippen LogP contribution in [0.1, 0.15) is 0 Å². The van der Waals surface area contributed by atoms with E-state index >= 15 is 0 Å². The molecule has 0 radical (unpaired) electrons. The van der Waals surface area contributed by atoms with Crippen molar-refractivity contribution in [3.63, 3.8) is 0 Å². The van der Waals surface area contributed by atoms with Crippen LogP contribution in [0.4, 0.5) is 0 Å². The fourth-order valence-electron chi connectivity index (χ4n) is 0.171. The van der Waals surface area contributed by atoms with Gasteiger partial charge in [0.15, 0.2) is 0 Å². The molecule has 0 aromatic carbocycles. The van der Waals surface area contributed by atoms with E-state index in [9.17, 15) is 4.79 Å². The molecule has 9 heavy (non-hydrogen) atoms. The van der Waals surface area contributed by atoms with E-state index in [1.54, 1.807) is 0 Å². The molecule has 0 N–H and O–H groups in total. The molecule has 0 aliphatic heterocycles. The predicted octanol–water partition coefficient (Wildman–Crippen LogP) is 1.27. The summed E-state index contributed by atoms with van der Waals surface area (Å²) in [6, 6.07) is 0. The molecule has 0 fully saturated rings. The molecule has 0 aromatic heterocycles. The molecule has 0 amide bonds. The van der Waals surface area contributed by atoms with E-state index in [0.29, 0.717) is 0 Å². The van der Waals surface area contributed by atoms with E-state index in [2.05, 4.69) is 34.2 Å². The van der Waals surface area contributed by atoms with Crippen molar-refractivity contribution in [2.75, 3.05) is 6.61 Å². The van der Waals surface area contributed by atoms with Crippen molar-refractivity contribution in [2.24, 2.45) is 0 Å². The van der Waals surface area contributed by atoms with E-state index in [-0.39, 0.29) is 11.1 Å². The second kappa shape index (κ2) is 4.84. The van der Waals surface area contributed by atoms with Gasteiger partial charge in [-0.05, 0) is 22.5 Å². The first kappa shape index (κ1) is 10.6. The molecule has 0 heterocycles. The molecule has 2 nitrogen and oxygen atoms in total. The Morgan fingerprint density at radius 3 is 2.33 bits per heavy atom. The third kappa shape index (κ3) is 4.55. The zero-order chi connectivity index (χ0) is 6.57. The maximum Gasteiger partial charge on any atom is 0.341 e. The van der Waals surface area contributed by atoms with Crippen LogP contribution in [0.25, 0.3) is 0 Å². The minimum atomic E-state index is -0.458. The second-order valence-corrected chi connectivity index (χ2v) is 2.00. The topological polar surface area (TPSA) is 26.3 Å². The summed E-state index contributed by atoms with van der Waals surface area (Å²) in [7, 11) is 0. The smallest absolute Gasteiger partial charge is 0.341 e. The minimum absolute atomic E-state index is 0. The largest absolute Gasteiger partial charge is 0.495 e. The number of halogens is 1. The minimum Gasteiger partial charge on any atom is -0.495 e. The number of hydrogen-bond acceptors (Lipinski definition) is 2. The van der Waals surface area contributed by atoms with Crippen molar-refractivity contribution < 1.29 is 9.53 Å². The van der Waals surface area contributed by atoms with Crippen LogP contribution in [-0.4, -0.2) is 12.6 Å². The Morgan fingerprint density at radius 2 is 2.22 bits per heavy atom. The van der Waals surface area contributed by atoms with Crippen LogP contribution < -0.4 is 0 Å². The Bertz CT molecular complexity index is 114. The van der Waals surface area contributed by atoms with Gasteiger partial charge in [0, 0.05) is 0 Å². The zero-order valence-corrected chi connectivity index (χ0v) is 13.0. The van der Waals surface area contributed by atoms with Gasteiger partial charge >= 0.3 is 5.97 Å². The Labute approximate surface area is 56.7 Å². The maximum absolute atomic E-state index is 10.3. The monoisotopic (exact) mass is 444 g/mol. The van der Waals surface area contributed by atoms with Crippen molar-refractivity contribution >= 4 is 21.9 Å². The quantitative estimate of drug-likeness (QED) is 0.364. The number of carbonyl (C=O) groups is 1. The molecule has 0 atom stereocenters. The van der Waals surface area contributed by atoms with E-state index in [1.165, 1.54) is 0 Å². The van der Waals surface area contributed by atoms with Crippen molar-refractivity contribution in [3.05, 3.63) is 18.0 Å². The van der Waals surface area contributed by atoms with E-state index < -0.39 is 5.97 Å². The third-order valence-electron chi connectivity index (χ3n) is 0.455. The van der Waals surface area contributed by atoms with Gasteiger partial charge in [-0.25, -0.2) is 4.79 Å². The molecule has 0 aromatic rings. The molecular formula is C5H6BrO2Rf-. The molecule has 0 saturated carbocycles. The summed E-state index contributed by atoms with van der Waals surface area (Å²) in [6.07, 6.45) is 0. The van der Waals surface area contributed by atoms with Crippen molar-refractivity contribution in [1.82, 2.24) is 0 Å². The first-order chi connectivity index (χ1) is 3.68. The van der Waals surface area contributed by atoms with Gasteiger partial charge in [0.1, 0.15) is 0 Å². The summed E-state index contributed by atoms with van der Waals surface area (Å²) >= 11 is 2.84. The molecule has 0 rings (SSSR count). The van der Waals surface area contributed by atoms with Crippen LogP contribution in [0.3, 0.4) is 0 Å². The molecule has 0 bridgehead atoms. The van der Waals surface area contributed by atoms with Crippen LogP contribution in [0.5, 0.6) is 0 Å². The summed E-state index contributed by atoms with van der Waals surface area (Å²) in [5.74, 6) is -0.458. The van der Waals surface area contributed by atoms with Gasteiger partial charge in [0.25, 0.3) is 0 Å². The molecular weight excluding hydrogens is 439 g/mol. The standard InChI is InChI=1S/C5H6BrO2.Rf/c1-3-8-5(7)4(2)6;/h1-3H2;/q-1;. The van der Waals surface area contributed by atoms with Gasteiger partial charge in [-0.15, -0.1) is 0 Å². The van der Waals surface area contributed by atoms with Crippen LogP contribution >= 0.6 is 15.9 Å². The Kier molecular flexibility index (Phi) is 5.72. The SMILES string of the molecule is C=C(Br)C(=O)OC[CH2-].[Rf]. The van der Waals surface area contributed by atoms with Crippen LogP contribution in [0.2, 0.25) is 0 Å². The molecule has 0 aliphatic carbocycles. The maximum atomic E-state index is 10.3. The van der Waals surface area contributed by atoms with Crippen LogP contribution in [-0.2, 0) is 9.53 Å². The number of ether oxygens (including phenoxy) is 1. The van der Waals surface area contributed by atoms with Gasteiger partial charge in [0.05, 0.1) is 4.48 Å². The van der Waals surface area contributed by atoms with Gasteiger partial charge in [0.2, 0.25) is 0 Å². The summed E-state index contributed by atoms with van der Waals surface area (Å²) in [4.78, 5) is 10.3. The van der Waals surface area contributed by atoms with E-state index in [1.807, 2.05) is 0 Å². The summed E-state index contributed by atoms with van der Waals surface area (Å²) in [6.45, 7) is 6.73. The fourth-order valence-corrected chi connectivity index (χ4v) is 0.285. The number of carbonyl (C=O) groups excluding carboxylic acids is 1. The fraction of sp³-hybridized carbons (Fsp3) is 0.200. The van der Waals surface area contributed by atoms with E-state index in [0.717, 1.165) is 0 Å². The molecule has 0 aliphatic rings. The Morgan fingerprint density at radius 1 is 1.78 bits per heavy atom. The summed E-state index contributed by atoms with van der Waals surface area (Å²) in [5, 5.41) is 0. The van der Waals surface area contributed by atoms with Crippen LogP contribution in [0.15, 0.2) is 11.1 Å². The third-order valence-corrected chi connectivity index (χ3v) is 0.778. The number of hydrogen-bond donors (Lipinski definition) is 0. The second-order valence-electron chi connectivity index (χ2n) is 1.04. The molecule has 4 heteroatoms. The van der Waals surface area contributed by atoms with Crippen LogP contribution in [0, 0.1) is 6.92 Å². The first-order valence-electron chi connectivity index (χ1n) is 1.99. The van der Waals surface area contributed by atoms with Gasteiger partial charge in [-0.1, -0.05) is 6.58 Å². The normalized spacial score (nSPS) is 7.33. The molecule has 0 spiro atoms. The Balaban J connectivity index is 0. The van der Waals surface area contributed by atoms with Crippen molar-refractivity contribution in [3.8, 4) is 0 Å². The number of rotatable bonds is 2. The predicted molar refractivity (Wildman–Crippen MR) is 34.4 cm³/mol. The van der Waals surface area contributed by atoms with Crippen molar-refractivity contribution in [1.29, 1.82) is 0 Å². The number of esters is 1. The zero-order valence-electron chi connectivity index (χ0n) is 5.02. The Hall–Kier alpha value is -1.31. The molecule has 48 valence electrons. The van der Waals surface area contributed by atoms with E-state index in [4.69, 9.17) is 0 Å². The average Bonchev–Trinajstić information content (AvgIpc) is 1.67. The van der Waals surface area contributed by atoms with Gasteiger partial charge in [-0.3, -0.25) is 0 Å². The molecule has 0 unspecified atom stereocenters. The summed E-state index contributed by atoms with van der Waals surface area (Å²) in [5.41, 5.74) is 0. The summed E-state index contributed by atoms with van der Waals surface area (Å²) < 4.78 is 4.63. The van der Waals surface area contributed by atoms with Gasteiger partial charge < -0.3 is 11.7 Å². The first-order valence-corrected chi connectivity index (χ1v) is 2.78. The van der Waals surface area contributed by atoms with Gasteiger partial charge in [-0.2, -0.15) is 0 Å².